The van der Waals surface area contributed by atoms with Crippen LogP contribution in [0.5, 0.6) is 0 Å². The van der Waals surface area contributed by atoms with Crippen molar-refractivity contribution in [3.05, 3.63) is 28.5 Å². The second-order valence-corrected chi connectivity index (χ2v) is 4.44. The molecule has 0 saturated carbocycles. The van der Waals surface area contributed by atoms with Gasteiger partial charge in [0.1, 0.15) is 0 Å². The van der Waals surface area contributed by atoms with Crippen LogP contribution in [0.15, 0.2) is 22.9 Å². The highest BCUT2D eigenvalue weighted by atomic mass is 79.9. The molecule has 1 heterocycles. The van der Waals surface area contributed by atoms with E-state index >= 15 is 0 Å². The van der Waals surface area contributed by atoms with E-state index < -0.39 is 0 Å². The fourth-order valence-electron chi connectivity index (χ4n) is 0.869. The third-order valence-electron chi connectivity index (χ3n) is 1.55. The normalized spacial score (nSPS) is 10.4. The van der Waals surface area contributed by atoms with E-state index in [9.17, 15) is 4.79 Å². The highest BCUT2D eigenvalue weighted by Gasteiger charge is 2.06. The SMILES string of the molecule is CC(C)CONC(=O)c1cncc(Br)c1. The van der Waals surface area contributed by atoms with Crippen molar-refractivity contribution >= 4 is 21.8 Å². The summed E-state index contributed by atoms with van der Waals surface area (Å²) in [7, 11) is 0. The average molecular weight is 273 g/mol. The van der Waals surface area contributed by atoms with Crippen LogP contribution in [0, 0.1) is 5.92 Å². The lowest BCUT2D eigenvalue weighted by atomic mass is 10.2. The molecular formula is C10H13BrN2O2. The van der Waals surface area contributed by atoms with Crippen LogP contribution in [0.25, 0.3) is 0 Å². The van der Waals surface area contributed by atoms with Crippen LogP contribution in [0.3, 0.4) is 0 Å². The van der Waals surface area contributed by atoms with E-state index in [1.54, 1.807) is 12.3 Å². The second kappa shape index (κ2) is 5.82. The Balaban J connectivity index is 2.47. The van der Waals surface area contributed by atoms with Gasteiger partial charge in [-0.05, 0) is 27.9 Å². The molecule has 0 aromatic carbocycles. The Morgan fingerprint density at radius 3 is 2.93 bits per heavy atom. The number of amides is 1. The fraction of sp³-hybridized carbons (Fsp3) is 0.400. The van der Waals surface area contributed by atoms with Gasteiger partial charge in [0.25, 0.3) is 5.91 Å². The molecule has 5 heteroatoms. The number of carbonyl (C=O) groups is 1. The van der Waals surface area contributed by atoms with Crippen LogP contribution < -0.4 is 5.48 Å². The van der Waals surface area contributed by atoms with Crippen LogP contribution in [0.1, 0.15) is 24.2 Å². The summed E-state index contributed by atoms with van der Waals surface area (Å²) in [5.74, 6) is 0.0929. The number of aromatic nitrogens is 1. The molecule has 0 fully saturated rings. The molecule has 0 saturated heterocycles. The van der Waals surface area contributed by atoms with Gasteiger partial charge in [-0.25, -0.2) is 5.48 Å². The number of nitrogens with zero attached hydrogens (tertiary/aromatic N) is 1. The number of hydroxylamine groups is 1. The molecule has 0 unspecified atom stereocenters. The molecule has 1 aromatic rings. The van der Waals surface area contributed by atoms with E-state index in [4.69, 9.17) is 4.84 Å². The van der Waals surface area contributed by atoms with Gasteiger partial charge in [0, 0.05) is 16.9 Å². The molecule has 1 amide bonds. The lowest BCUT2D eigenvalue weighted by Gasteiger charge is -2.07. The largest absolute Gasteiger partial charge is 0.276 e. The lowest BCUT2D eigenvalue weighted by Crippen LogP contribution is -2.25. The molecule has 82 valence electrons. The lowest BCUT2D eigenvalue weighted by molar-refractivity contribution is 0.0208. The topological polar surface area (TPSA) is 51.2 Å². The fourth-order valence-corrected chi connectivity index (χ4v) is 1.23. The molecule has 1 aromatic heterocycles. The van der Waals surface area contributed by atoms with Crippen molar-refractivity contribution in [3.8, 4) is 0 Å². The molecule has 0 bridgehead atoms. The monoisotopic (exact) mass is 272 g/mol. The van der Waals surface area contributed by atoms with Crippen LogP contribution in [0.4, 0.5) is 0 Å². The summed E-state index contributed by atoms with van der Waals surface area (Å²) < 4.78 is 0.763. The molecule has 15 heavy (non-hydrogen) atoms. The van der Waals surface area contributed by atoms with Crippen LogP contribution in [-0.2, 0) is 4.84 Å². The molecule has 0 aliphatic heterocycles. The number of hydrogen-bond donors (Lipinski definition) is 1. The average Bonchev–Trinajstić information content (AvgIpc) is 2.17. The first kappa shape index (κ1) is 12.1. The van der Waals surface area contributed by atoms with Crippen molar-refractivity contribution in [2.45, 2.75) is 13.8 Å². The molecule has 4 nitrogen and oxygen atoms in total. The minimum absolute atomic E-state index is 0.288. The Morgan fingerprint density at radius 2 is 2.33 bits per heavy atom. The predicted molar refractivity (Wildman–Crippen MR) is 60.2 cm³/mol. The second-order valence-electron chi connectivity index (χ2n) is 3.53. The van der Waals surface area contributed by atoms with Crippen molar-refractivity contribution in [1.82, 2.24) is 10.5 Å². The standard InChI is InChI=1S/C10H13BrN2O2/c1-7(2)6-15-13-10(14)8-3-9(11)5-12-4-8/h3-5,7H,6H2,1-2H3,(H,13,14). The Kier molecular flexibility index (Phi) is 4.71. The first-order chi connectivity index (χ1) is 7.09. The third-order valence-corrected chi connectivity index (χ3v) is 1.98. The summed E-state index contributed by atoms with van der Waals surface area (Å²) in [6.07, 6.45) is 3.10. The highest BCUT2D eigenvalue weighted by molar-refractivity contribution is 9.10. The van der Waals surface area contributed by atoms with Gasteiger partial charge in [-0.15, -0.1) is 0 Å². The zero-order valence-corrected chi connectivity index (χ0v) is 10.2. The first-order valence-electron chi connectivity index (χ1n) is 4.62. The van der Waals surface area contributed by atoms with Gasteiger partial charge < -0.3 is 0 Å². The summed E-state index contributed by atoms with van der Waals surface area (Å²) in [5.41, 5.74) is 2.82. The number of nitrogens with one attached hydrogen (secondary N) is 1. The molecule has 0 aliphatic rings. The van der Waals surface area contributed by atoms with E-state index in [1.807, 2.05) is 13.8 Å². The molecule has 0 aliphatic carbocycles. The van der Waals surface area contributed by atoms with Crippen molar-refractivity contribution < 1.29 is 9.63 Å². The maximum atomic E-state index is 11.5. The van der Waals surface area contributed by atoms with Crippen LogP contribution in [-0.4, -0.2) is 17.5 Å². The van der Waals surface area contributed by atoms with Crippen molar-refractivity contribution in [1.29, 1.82) is 0 Å². The van der Waals surface area contributed by atoms with Crippen molar-refractivity contribution in [3.63, 3.8) is 0 Å². The number of carbonyl (C=O) groups excluding carboxylic acids is 1. The highest BCUT2D eigenvalue weighted by Crippen LogP contribution is 2.09. The zero-order valence-electron chi connectivity index (χ0n) is 8.66. The minimum Gasteiger partial charge on any atom is -0.273 e. The Morgan fingerprint density at radius 1 is 1.60 bits per heavy atom. The van der Waals surface area contributed by atoms with E-state index in [0.717, 1.165) is 4.47 Å². The van der Waals surface area contributed by atoms with Gasteiger partial charge in [0.05, 0.1) is 12.2 Å². The van der Waals surface area contributed by atoms with Gasteiger partial charge >= 0.3 is 0 Å². The molecule has 1 rings (SSSR count). The first-order valence-corrected chi connectivity index (χ1v) is 5.41. The zero-order chi connectivity index (χ0) is 11.3. The summed E-state index contributed by atoms with van der Waals surface area (Å²) in [6.45, 7) is 4.51. The Bertz CT molecular complexity index is 342. The molecule has 0 radical (unpaired) electrons. The van der Waals surface area contributed by atoms with E-state index in [2.05, 4.69) is 26.4 Å². The third kappa shape index (κ3) is 4.40. The van der Waals surface area contributed by atoms with E-state index in [1.165, 1.54) is 6.20 Å². The molecule has 0 spiro atoms. The van der Waals surface area contributed by atoms with Gasteiger partial charge in [0.15, 0.2) is 0 Å². The van der Waals surface area contributed by atoms with Gasteiger partial charge in [-0.1, -0.05) is 13.8 Å². The van der Waals surface area contributed by atoms with Crippen LogP contribution in [0.2, 0.25) is 0 Å². The Hall–Kier alpha value is -0.940. The molecule has 1 N–H and O–H groups in total. The number of hydrogen-bond acceptors (Lipinski definition) is 3. The molecular weight excluding hydrogens is 260 g/mol. The quantitative estimate of drug-likeness (QED) is 0.855. The van der Waals surface area contributed by atoms with Crippen molar-refractivity contribution in [2.24, 2.45) is 5.92 Å². The summed E-state index contributed by atoms with van der Waals surface area (Å²) in [4.78, 5) is 20.4. The van der Waals surface area contributed by atoms with E-state index in [-0.39, 0.29) is 5.91 Å². The number of rotatable bonds is 4. The van der Waals surface area contributed by atoms with E-state index in [0.29, 0.717) is 18.1 Å². The van der Waals surface area contributed by atoms with Crippen LogP contribution >= 0.6 is 15.9 Å². The Labute approximate surface area is 97.1 Å². The maximum Gasteiger partial charge on any atom is 0.276 e. The van der Waals surface area contributed by atoms with Crippen molar-refractivity contribution in [2.75, 3.05) is 6.61 Å². The molecule has 0 atom stereocenters. The summed E-state index contributed by atoms with van der Waals surface area (Å²) >= 11 is 3.24. The summed E-state index contributed by atoms with van der Waals surface area (Å²) in [5, 5.41) is 0. The van der Waals surface area contributed by atoms with Gasteiger partial charge in [0.2, 0.25) is 0 Å². The number of halogens is 1. The van der Waals surface area contributed by atoms with Gasteiger partial charge in [-0.2, -0.15) is 0 Å². The smallest absolute Gasteiger partial charge is 0.273 e. The summed E-state index contributed by atoms with van der Waals surface area (Å²) in [6, 6.07) is 1.68. The van der Waals surface area contributed by atoms with Gasteiger partial charge in [-0.3, -0.25) is 14.6 Å². The minimum atomic E-state index is -0.288. The maximum absolute atomic E-state index is 11.5. The number of pyridine rings is 1. The predicted octanol–water partition coefficient (Wildman–Crippen LogP) is 2.16.